The molecule has 0 saturated carbocycles. The highest BCUT2D eigenvalue weighted by Crippen LogP contribution is 2.20. The molecule has 0 atom stereocenters. The average Bonchev–Trinajstić information content (AvgIpc) is 2.38. The van der Waals surface area contributed by atoms with Crippen molar-refractivity contribution in [3.8, 4) is 11.5 Å². The number of anilines is 1. The second kappa shape index (κ2) is 5.78. The van der Waals surface area contributed by atoms with E-state index < -0.39 is 0 Å². The SMILES string of the molecule is CCCc1cc(NC)nc(-c2ncc(C)cc2C)n1. The molecule has 2 aromatic heterocycles. The van der Waals surface area contributed by atoms with Crippen LogP contribution in [0.5, 0.6) is 0 Å². The van der Waals surface area contributed by atoms with Crippen molar-refractivity contribution < 1.29 is 0 Å². The van der Waals surface area contributed by atoms with Crippen LogP contribution < -0.4 is 5.32 Å². The minimum Gasteiger partial charge on any atom is -0.373 e. The van der Waals surface area contributed by atoms with E-state index >= 15 is 0 Å². The number of hydrogen-bond donors (Lipinski definition) is 1. The van der Waals surface area contributed by atoms with Crippen LogP contribution in [0.1, 0.15) is 30.2 Å². The van der Waals surface area contributed by atoms with E-state index in [4.69, 9.17) is 0 Å². The maximum atomic E-state index is 4.62. The van der Waals surface area contributed by atoms with Crippen LogP contribution in [0.15, 0.2) is 18.3 Å². The molecule has 0 aliphatic rings. The van der Waals surface area contributed by atoms with Gasteiger partial charge in [-0.2, -0.15) is 0 Å². The molecule has 2 rings (SSSR count). The van der Waals surface area contributed by atoms with Crippen molar-refractivity contribution in [3.63, 3.8) is 0 Å². The first-order valence-electron chi connectivity index (χ1n) is 6.63. The van der Waals surface area contributed by atoms with E-state index in [1.54, 1.807) is 0 Å². The van der Waals surface area contributed by atoms with E-state index in [2.05, 4.69) is 33.3 Å². The van der Waals surface area contributed by atoms with Gasteiger partial charge in [0.1, 0.15) is 11.5 Å². The molecule has 0 fully saturated rings. The molecule has 0 aromatic carbocycles. The predicted octanol–water partition coefficient (Wildman–Crippen LogP) is 3.15. The van der Waals surface area contributed by atoms with Gasteiger partial charge < -0.3 is 5.32 Å². The number of rotatable bonds is 4. The second-order valence-electron chi connectivity index (χ2n) is 4.75. The van der Waals surface area contributed by atoms with Crippen molar-refractivity contribution in [2.75, 3.05) is 12.4 Å². The molecular formula is C15H20N4. The zero-order valence-corrected chi connectivity index (χ0v) is 12.0. The van der Waals surface area contributed by atoms with Crippen LogP contribution in [0, 0.1) is 13.8 Å². The smallest absolute Gasteiger partial charge is 0.180 e. The normalized spacial score (nSPS) is 10.5. The third-order valence-electron chi connectivity index (χ3n) is 2.97. The molecule has 0 aliphatic heterocycles. The van der Waals surface area contributed by atoms with Crippen molar-refractivity contribution in [2.45, 2.75) is 33.6 Å². The second-order valence-corrected chi connectivity index (χ2v) is 4.75. The van der Waals surface area contributed by atoms with Gasteiger partial charge in [0.2, 0.25) is 0 Å². The molecule has 0 unspecified atom stereocenters. The number of nitrogens with one attached hydrogen (secondary N) is 1. The van der Waals surface area contributed by atoms with E-state index in [9.17, 15) is 0 Å². The summed E-state index contributed by atoms with van der Waals surface area (Å²) in [5.74, 6) is 1.54. The Bertz CT molecular complexity index is 578. The van der Waals surface area contributed by atoms with E-state index in [0.717, 1.165) is 41.2 Å². The lowest BCUT2D eigenvalue weighted by molar-refractivity contribution is 0.874. The molecular weight excluding hydrogens is 236 g/mol. The van der Waals surface area contributed by atoms with Gasteiger partial charge >= 0.3 is 0 Å². The average molecular weight is 256 g/mol. The molecule has 1 N–H and O–H groups in total. The van der Waals surface area contributed by atoms with Crippen LogP contribution in [-0.2, 0) is 6.42 Å². The van der Waals surface area contributed by atoms with Gasteiger partial charge in [-0.1, -0.05) is 19.4 Å². The Morgan fingerprint density at radius 2 is 1.95 bits per heavy atom. The van der Waals surface area contributed by atoms with Gasteiger partial charge in [0.05, 0.1) is 0 Å². The van der Waals surface area contributed by atoms with Crippen LogP contribution in [0.25, 0.3) is 11.5 Å². The Hall–Kier alpha value is -1.97. The molecule has 0 saturated heterocycles. The van der Waals surface area contributed by atoms with Crippen LogP contribution >= 0.6 is 0 Å². The summed E-state index contributed by atoms with van der Waals surface area (Å²) in [6, 6.07) is 4.10. The van der Waals surface area contributed by atoms with Crippen molar-refractivity contribution in [3.05, 3.63) is 35.2 Å². The minimum absolute atomic E-state index is 0.702. The van der Waals surface area contributed by atoms with Crippen LogP contribution in [-0.4, -0.2) is 22.0 Å². The highest BCUT2D eigenvalue weighted by Gasteiger charge is 2.10. The van der Waals surface area contributed by atoms with Gasteiger partial charge in [-0.3, -0.25) is 4.98 Å². The monoisotopic (exact) mass is 256 g/mol. The number of nitrogens with zero attached hydrogens (tertiary/aromatic N) is 3. The maximum Gasteiger partial charge on any atom is 0.180 e. The van der Waals surface area contributed by atoms with Crippen LogP contribution in [0.3, 0.4) is 0 Å². The maximum absolute atomic E-state index is 4.62. The fourth-order valence-electron chi connectivity index (χ4n) is 2.07. The van der Waals surface area contributed by atoms with Crippen molar-refractivity contribution >= 4 is 5.82 Å². The molecule has 4 heteroatoms. The molecule has 0 bridgehead atoms. The molecule has 2 aromatic rings. The fraction of sp³-hybridized carbons (Fsp3) is 0.400. The third-order valence-corrected chi connectivity index (χ3v) is 2.97. The molecule has 19 heavy (non-hydrogen) atoms. The number of aryl methyl sites for hydroxylation is 3. The molecule has 100 valence electrons. The van der Waals surface area contributed by atoms with Gasteiger partial charge in [-0.15, -0.1) is 0 Å². The number of aromatic nitrogens is 3. The summed E-state index contributed by atoms with van der Waals surface area (Å²) < 4.78 is 0. The summed E-state index contributed by atoms with van der Waals surface area (Å²) in [6.07, 6.45) is 3.88. The van der Waals surface area contributed by atoms with Crippen LogP contribution in [0.2, 0.25) is 0 Å². The Kier molecular flexibility index (Phi) is 4.10. The number of pyridine rings is 1. The Labute approximate surface area is 114 Å². The Morgan fingerprint density at radius 1 is 1.16 bits per heavy atom. The summed E-state index contributed by atoms with van der Waals surface area (Å²) in [5, 5.41) is 3.09. The zero-order valence-electron chi connectivity index (χ0n) is 12.0. The predicted molar refractivity (Wildman–Crippen MR) is 78.3 cm³/mol. The van der Waals surface area contributed by atoms with Crippen molar-refractivity contribution in [2.24, 2.45) is 0 Å². The molecule has 0 aliphatic carbocycles. The van der Waals surface area contributed by atoms with E-state index in [-0.39, 0.29) is 0 Å². The first-order chi connectivity index (χ1) is 9.13. The lowest BCUT2D eigenvalue weighted by Gasteiger charge is -2.09. The zero-order chi connectivity index (χ0) is 13.8. The summed E-state index contributed by atoms with van der Waals surface area (Å²) in [7, 11) is 1.87. The quantitative estimate of drug-likeness (QED) is 0.913. The van der Waals surface area contributed by atoms with Crippen LogP contribution in [0.4, 0.5) is 5.82 Å². The van der Waals surface area contributed by atoms with Crippen molar-refractivity contribution in [1.29, 1.82) is 0 Å². The standard InChI is InChI=1S/C15H20N4/c1-5-6-12-8-13(16-4)19-15(18-12)14-11(3)7-10(2)9-17-14/h7-9H,5-6H2,1-4H3,(H,16,18,19). The summed E-state index contributed by atoms with van der Waals surface area (Å²) >= 11 is 0. The molecule has 0 radical (unpaired) electrons. The number of hydrogen-bond acceptors (Lipinski definition) is 4. The Morgan fingerprint density at radius 3 is 2.58 bits per heavy atom. The molecule has 4 nitrogen and oxygen atoms in total. The van der Waals surface area contributed by atoms with Gasteiger partial charge in [0.25, 0.3) is 0 Å². The highest BCUT2D eigenvalue weighted by molar-refractivity contribution is 5.57. The van der Waals surface area contributed by atoms with Gasteiger partial charge in [0, 0.05) is 25.0 Å². The molecule has 2 heterocycles. The van der Waals surface area contributed by atoms with E-state index in [1.165, 1.54) is 0 Å². The van der Waals surface area contributed by atoms with Gasteiger partial charge in [0.15, 0.2) is 5.82 Å². The van der Waals surface area contributed by atoms with Crippen molar-refractivity contribution in [1.82, 2.24) is 15.0 Å². The first kappa shape index (κ1) is 13.5. The fourth-order valence-corrected chi connectivity index (χ4v) is 2.07. The molecule has 0 spiro atoms. The Balaban J connectivity index is 2.51. The minimum atomic E-state index is 0.702. The lowest BCUT2D eigenvalue weighted by atomic mass is 10.1. The summed E-state index contributed by atoms with van der Waals surface area (Å²) in [5.41, 5.74) is 4.18. The highest BCUT2D eigenvalue weighted by atomic mass is 15.0. The summed E-state index contributed by atoms with van der Waals surface area (Å²) in [6.45, 7) is 6.23. The van der Waals surface area contributed by atoms with E-state index in [1.807, 2.05) is 33.2 Å². The summed E-state index contributed by atoms with van der Waals surface area (Å²) in [4.78, 5) is 13.6. The van der Waals surface area contributed by atoms with Gasteiger partial charge in [-0.05, 0) is 31.4 Å². The van der Waals surface area contributed by atoms with E-state index in [0.29, 0.717) is 5.82 Å². The topological polar surface area (TPSA) is 50.7 Å². The lowest BCUT2D eigenvalue weighted by Crippen LogP contribution is -2.03. The third kappa shape index (κ3) is 3.08. The first-order valence-corrected chi connectivity index (χ1v) is 6.63. The van der Waals surface area contributed by atoms with Gasteiger partial charge in [-0.25, -0.2) is 9.97 Å². The largest absolute Gasteiger partial charge is 0.373 e. The molecule has 0 amide bonds.